The Labute approximate surface area is 180 Å². The Morgan fingerprint density at radius 1 is 1.29 bits per heavy atom. The molecule has 0 saturated carbocycles. The Hall–Kier alpha value is -3.05. The Morgan fingerprint density at radius 2 is 2.00 bits per heavy atom. The molecule has 11 nitrogen and oxygen atoms in total. The van der Waals surface area contributed by atoms with Gasteiger partial charge in [-0.3, -0.25) is 19.3 Å². The van der Waals surface area contributed by atoms with E-state index in [0.29, 0.717) is 50.5 Å². The third kappa shape index (κ3) is 5.56. The first kappa shape index (κ1) is 22.6. The van der Waals surface area contributed by atoms with E-state index in [1.165, 1.54) is 0 Å². The van der Waals surface area contributed by atoms with Crippen molar-refractivity contribution < 1.29 is 24.2 Å². The molecular formula is C20H28N6O5. The number of likely N-dealkylation sites (N-methyl/N-ethyl adjacent to an activating group) is 1. The predicted octanol–water partition coefficient (Wildman–Crippen LogP) is -0.128. The van der Waals surface area contributed by atoms with E-state index in [1.54, 1.807) is 29.2 Å². The fourth-order valence-corrected chi connectivity index (χ4v) is 4.02. The lowest BCUT2D eigenvalue weighted by Gasteiger charge is -2.30. The summed E-state index contributed by atoms with van der Waals surface area (Å²) in [6.45, 7) is 2.91. The van der Waals surface area contributed by atoms with Crippen LogP contribution in [-0.4, -0.2) is 99.8 Å². The van der Waals surface area contributed by atoms with Crippen molar-refractivity contribution in [3.05, 3.63) is 30.2 Å². The molecule has 0 aliphatic carbocycles. The third-order valence-electron chi connectivity index (χ3n) is 5.78. The highest BCUT2D eigenvalue weighted by Gasteiger charge is 2.33. The number of morpholine rings is 1. The van der Waals surface area contributed by atoms with Crippen molar-refractivity contribution in [2.24, 2.45) is 0 Å². The molecule has 2 aliphatic heterocycles. The topological polar surface area (TPSA) is 129 Å². The second-order valence-corrected chi connectivity index (χ2v) is 7.51. The average molecular weight is 432 g/mol. The zero-order valence-corrected chi connectivity index (χ0v) is 17.5. The monoisotopic (exact) mass is 432 g/mol. The van der Waals surface area contributed by atoms with E-state index in [1.807, 2.05) is 11.9 Å². The molecule has 0 bridgehead atoms. The van der Waals surface area contributed by atoms with E-state index in [-0.39, 0.29) is 30.4 Å². The van der Waals surface area contributed by atoms with E-state index in [0.717, 1.165) is 12.8 Å². The molecule has 4 heterocycles. The Morgan fingerprint density at radius 3 is 2.74 bits per heavy atom. The molecule has 4 rings (SSSR count). The number of fused-ring (bicyclic) bond motifs is 1. The number of likely N-dealkylation sites (tertiary alicyclic amines) is 1. The van der Waals surface area contributed by atoms with E-state index >= 15 is 0 Å². The lowest BCUT2D eigenvalue weighted by Crippen LogP contribution is -2.45. The summed E-state index contributed by atoms with van der Waals surface area (Å²) in [4.78, 5) is 41.8. The van der Waals surface area contributed by atoms with Crippen molar-refractivity contribution in [3.63, 3.8) is 0 Å². The lowest BCUT2D eigenvalue weighted by atomic mass is 10.1. The van der Waals surface area contributed by atoms with Gasteiger partial charge in [-0.25, -0.2) is 9.50 Å². The van der Waals surface area contributed by atoms with E-state index < -0.39 is 0 Å². The zero-order chi connectivity index (χ0) is 22.2. The average Bonchev–Trinajstić information content (AvgIpc) is 3.37. The normalized spacial score (nSPS) is 21.4. The van der Waals surface area contributed by atoms with Crippen LogP contribution < -0.4 is 5.32 Å². The first-order valence-corrected chi connectivity index (χ1v) is 10.3. The van der Waals surface area contributed by atoms with Crippen LogP contribution in [0.15, 0.2) is 24.7 Å². The molecule has 2 N–H and O–H groups in total. The van der Waals surface area contributed by atoms with Crippen LogP contribution in [0.2, 0.25) is 0 Å². The fraction of sp³-hybridized carbons (Fsp3) is 0.550. The van der Waals surface area contributed by atoms with Gasteiger partial charge in [0, 0.05) is 50.5 Å². The predicted molar refractivity (Wildman–Crippen MR) is 111 cm³/mol. The van der Waals surface area contributed by atoms with E-state index in [2.05, 4.69) is 20.3 Å². The summed E-state index contributed by atoms with van der Waals surface area (Å²) in [7, 11) is 2.04. The minimum absolute atomic E-state index is 0.171. The van der Waals surface area contributed by atoms with Crippen LogP contribution in [0.5, 0.6) is 0 Å². The zero-order valence-electron chi connectivity index (χ0n) is 17.5. The van der Waals surface area contributed by atoms with E-state index in [4.69, 9.17) is 14.6 Å². The van der Waals surface area contributed by atoms with Crippen LogP contribution in [0.3, 0.4) is 0 Å². The lowest BCUT2D eigenvalue weighted by molar-refractivity contribution is -0.136. The summed E-state index contributed by atoms with van der Waals surface area (Å²) in [5.74, 6) is 0.0252. The molecule has 2 atom stereocenters. The second-order valence-electron chi connectivity index (χ2n) is 7.51. The quantitative estimate of drug-likeness (QED) is 0.625. The van der Waals surface area contributed by atoms with Crippen molar-refractivity contribution in [1.82, 2.24) is 29.7 Å². The minimum Gasteiger partial charge on any atom is -0.483 e. The molecule has 11 heteroatoms. The molecule has 2 fully saturated rings. The number of nitrogens with one attached hydrogen (secondary N) is 1. The molecule has 2 aromatic rings. The van der Waals surface area contributed by atoms with Crippen LogP contribution >= 0.6 is 0 Å². The molecule has 2 saturated heterocycles. The fourth-order valence-electron chi connectivity index (χ4n) is 4.02. The van der Waals surface area contributed by atoms with Crippen molar-refractivity contribution in [2.45, 2.75) is 31.3 Å². The Bertz CT molecular complexity index is 897. The highest BCUT2D eigenvalue weighted by atomic mass is 16.5. The van der Waals surface area contributed by atoms with Crippen LogP contribution in [-0.2, 0) is 14.3 Å². The van der Waals surface area contributed by atoms with Crippen LogP contribution in [0.4, 0.5) is 0 Å². The summed E-state index contributed by atoms with van der Waals surface area (Å²) in [6.07, 6.45) is 7.41. The minimum atomic E-state index is -0.250. The number of hydrogen-bond acceptors (Lipinski definition) is 7. The highest BCUT2D eigenvalue weighted by molar-refractivity contribution is 5.99. The number of nitrogens with zero attached hydrogens (tertiary/aromatic N) is 5. The molecule has 0 radical (unpaired) electrons. The molecule has 31 heavy (non-hydrogen) atoms. The Balaban J connectivity index is 0.000000858. The number of rotatable bonds is 5. The Kier molecular flexibility index (Phi) is 7.90. The van der Waals surface area contributed by atoms with Gasteiger partial charge in [-0.15, -0.1) is 0 Å². The second kappa shape index (κ2) is 10.8. The maximum Gasteiger partial charge on any atom is 0.290 e. The maximum atomic E-state index is 12.6. The van der Waals surface area contributed by atoms with Gasteiger partial charge in [0.25, 0.3) is 12.4 Å². The standard InChI is InChI=1S/C19H26N6O3.CH2O2/c1-23-14(11-17(26)24-7-9-28-10-8-24)3-4-15(23)12-21-19(27)16-13-22-25-6-2-5-20-18(16)25;2-1-3/h2,5-6,13-15H,3-4,7-12H2,1H3,(H,21,27);1H,(H,2,3)/t14-,15+;/m1./s1. The van der Waals surface area contributed by atoms with Gasteiger partial charge in [-0.2, -0.15) is 5.10 Å². The van der Waals surface area contributed by atoms with Gasteiger partial charge in [-0.1, -0.05) is 0 Å². The number of carbonyl (C=O) groups is 3. The summed E-state index contributed by atoms with van der Waals surface area (Å²) >= 11 is 0. The largest absolute Gasteiger partial charge is 0.483 e. The molecule has 0 aromatic carbocycles. The number of carboxylic acid groups (broad SMARTS) is 1. The summed E-state index contributed by atoms with van der Waals surface area (Å²) in [5, 5.41) is 14.0. The highest BCUT2D eigenvalue weighted by Crippen LogP contribution is 2.25. The summed E-state index contributed by atoms with van der Waals surface area (Å²) in [5.41, 5.74) is 1.02. The van der Waals surface area contributed by atoms with Crippen molar-refractivity contribution in [2.75, 3.05) is 39.9 Å². The molecule has 0 unspecified atom stereocenters. The van der Waals surface area contributed by atoms with Crippen LogP contribution in [0, 0.1) is 0 Å². The van der Waals surface area contributed by atoms with Gasteiger partial charge in [0.2, 0.25) is 5.91 Å². The SMILES string of the molecule is CN1[C@@H](CC(=O)N2CCOCC2)CC[C@H]1CNC(=O)c1cnn2cccnc12.O=CO. The van der Waals surface area contributed by atoms with Gasteiger partial charge < -0.3 is 20.1 Å². The smallest absolute Gasteiger partial charge is 0.290 e. The van der Waals surface area contributed by atoms with Crippen molar-refractivity contribution in [3.8, 4) is 0 Å². The summed E-state index contributed by atoms with van der Waals surface area (Å²) < 4.78 is 6.90. The van der Waals surface area contributed by atoms with Crippen LogP contribution in [0.1, 0.15) is 29.6 Å². The first-order chi connectivity index (χ1) is 15.0. The summed E-state index contributed by atoms with van der Waals surface area (Å²) in [6, 6.07) is 2.21. The molecular weight excluding hydrogens is 404 g/mol. The van der Waals surface area contributed by atoms with Crippen molar-refractivity contribution >= 4 is 23.9 Å². The molecule has 2 amide bonds. The van der Waals surface area contributed by atoms with Crippen molar-refractivity contribution in [1.29, 1.82) is 0 Å². The third-order valence-corrected chi connectivity index (χ3v) is 5.78. The van der Waals surface area contributed by atoms with Gasteiger partial charge >= 0.3 is 0 Å². The van der Waals surface area contributed by atoms with Crippen LogP contribution in [0.25, 0.3) is 5.65 Å². The number of ether oxygens (including phenoxy) is 1. The maximum absolute atomic E-state index is 12.6. The molecule has 0 spiro atoms. The van der Waals surface area contributed by atoms with Gasteiger partial charge in [0.15, 0.2) is 5.65 Å². The molecule has 2 aromatic heterocycles. The van der Waals surface area contributed by atoms with Gasteiger partial charge in [0.1, 0.15) is 5.56 Å². The van der Waals surface area contributed by atoms with Gasteiger partial charge in [0.05, 0.1) is 19.4 Å². The van der Waals surface area contributed by atoms with E-state index in [9.17, 15) is 9.59 Å². The number of carbonyl (C=O) groups excluding carboxylic acids is 2. The van der Waals surface area contributed by atoms with Gasteiger partial charge in [-0.05, 0) is 26.0 Å². The number of amides is 2. The molecule has 168 valence electrons. The number of hydrogen-bond donors (Lipinski definition) is 2. The molecule has 2 aliphatic rings. The number of aromatic nitrogens is 3. The first-order valence-electron chi connectivity index (χ1n) is 10.3.